The van der Waals surface area contributed by atoms with Crippen LogP contribution in [0.15, 0.2) is 48.5 Å². The van der Waals surface area contributed by atoms with Gasteiger partial charge in [0.25, 0.3) is 0 Å². The topological polar surface area (TPSA) is 76.0 Å². The van der Waals surface area contributed by atoms with Gasteiger partial charge >= 0.3 is 5.97 Å². The molecule has 2 rings (SSSR count). The minimum Gasteiger partial charge on any atom is -0.493 e. The van der Waals surface area contributed by atoms with Gasteiger partial charge in [0.2, 0.25) is 0 Å². The first-order valence-electron chi connectivity index (χ1n) is 6.84. The summed E-state index contributed by atoms with van der Waals surface area (Å²) in [5.74, 6) is -1.09. The highest BCUT2D eigenvalue weighted by Gasteiger charge is 2.20. The maximum atomic E-state index is 11.1. The van der Waals surface area contributed by atoms with Gasteiger partial charge in [-0.25, -0.2) is 0 Å². The fourth-order valence-electron chi connectivity index (χ4n) is 2.08. The van der Waals surface area contributed by atoms with Gasteiger partial charge in [0.1, 0.15) is 12.5 Å². The summed E-state index contributed by atoms with van der Waals surface area (Å²) in [6.45, 7) is -0.0817. The minimum atomic E-state index is -1.08. The molecule has 0 aliphatic carbocycles. The molecule has 0 fully saturated rings. The minimum absolute atomic E-state index is 0.388. The highest BCUT2D eigenvalue weighted by Crippen LogP contribution is 2.31. The van der Waals surface area contributed by atoms with Gasteiger partial charge in [-0.05, 0) is 23.3 Å². The molecule has 0 unspecified atom stereocenters. The van der Waals surface area contributed by atoms with Crippen molar-refractivity contribution in [2.45, 2.75) is 12.5 Å². The predicted molar refractivity (Wildman–Crippen MR) is 81.2 cm³/mol. The number of ether oxygens (including phenoxy) is 2. The van der Waals surface area contributed by atoms with Crippen molar-refractivity contribution in [3.05, 3.63) is 59.7 Å². The number of carboxylic acids is 1. The van der Waals surface area contributed by atoms with Crippen molar-refractivity contribution >= 4 is 5.97 Å². The smallest absolute Gasteiger partial charge is 0.313 e. The molecule has 0 radical (unpaired) electrons. The van der Waals surface area contributed by atoms with Crippen LogP contribution in [0, 0.1) is 0 Å². The Hall–Kier alpha value is -2.53. The van der Waals surface area contributed by atoms with Crippen molar-refractivity contribution in [3.8, 4) is 11.5 Å². The molecule has 5 heteroatoms. The van der Waals surface area contributed by atoms with E-state index < -0.39 is 18.5 Å². The number of methoxy groups -OCH3 is 1. The van der Waals surface area contributed by atoms with Gasteiger partial charge in [-0.1, -0.05) is 36.4 Å². The van der Waals surface area contributed by atoms with Crippen LogP contribution in [-0.4, -0.2) is 29.9 Å². The van der Waals surface area contributed by atoms with E-state index in [1.807, 2.05) is 30.3 Å². The second-order valence-corrected chi connectivity index (χ2v) is 4.76. The molecule has 2 aromatic carbocycles. The van der Waals surface area contributed by atoms with E-state index in [-0.39, 0.29) is 0 Å². The first-order valence-corrected chi connectivity index (χ1v) is 6.84. The van der Waals surface area contributed by atoms with Gasteiger partial charge in [0.05, 0.1) is 13.7 Å². The highest BCUT2D eigenvalue weighted by atomic mass is 16.5. The molecule has 0 spiro atoms. The molecule has 22 heavy (non-hydrogen) atoms. The van der Waals surface area contributed by atoms with Gasteiger partial charge in [-0.2, -0.15) is 0 Å². The van der Waals surface area contributed by atoms with Crippen LogP contribution in [0.2, 0.25) is 0 Å². The van der Waals surface area contributed by atoms with E-state index in [9.17, 15) is 9.90 Å². The molecule has 0 heterocycles. The average Bonchev–Trinajstić information content (AvgIpc) is 2.54. The molecule has 0 saturated carbocycles. The van der Waals surface area contributed by atoms with Crippen molar-refractivity contribution in [1.82, 2.24) is 0 Å². The monoisotopic (exact) mass is 302 g/mol. The van der Waals surface area contributed by atoms with E-state index in [1.54, 1.807) is 18.2 Å². The molecule has 2 N–H and O–H groups in total. The molecule has 0 bridgehead atoms. The van der Waals surface area contributed by atoms with Gasteiger partial charge < -0.3 is 19.7 Å². The zero-order chi connectivity index (χ0) is 15.9. The molecule has 1 atom stereocenters. The molecule has 5 nitrogen and oxygen atoms in total. The number of hydrogen-bond acceptors (Lipinski definition) is 4. The Morgan fingerprint density at radius 1 is 1.14 bits per heavy atom. The lowest BCUT2D eigenvalue weighted by Crippen LogP contribution is -2.15. The normalized spacial score (nSPS) is 11.7. The van der Waals surface area contributed by atoms with Gasteiger partial charge in [0.15, 0.2) is 11.5 Å². The SMILES string of the molecule is COc1cc([C@@H](CO)C(=O)O)ccc1OCc1ccccc1. The lowest BCUT2D eigenvalue weighted by molar-refractivity contribution is -0.139. The first kappa shape index (κ1) is 15.9. The van der Waals surface area contributed by atoms with Crippen molar-refractivity contribution in [1.29, 1.82) is 0 Å². The standard InChI is InChI=1S/C17H18O5/c1-21-16-9-13(14(10-18)17(19)20)7-8-15(16)22-11-12-5-3-2-4-6-12/h2-9,14,18H,10-11H2,1H3,(H,19,20)/t14-/m1/s1. The Balaban J connectivity index is 2.17. The molecule has 2 aromatic rings. The van der Waals surface area contributed by atoms with Crippen LogP contribution in [0.25, 0.3) is 0 Å². The molecule has 0 aliphatic heterocycles. The number of rotatable bonds is 7. The summed E-state index contributed by atoms with van der Waals surface area (Å²) in [5, 5.41) is 18.3. The van der Waals surface area contributed by atoms with Crippen LogP contribution in [0.1, 0.15) is 17.0 Å². The summed E-state index contributed by atoms with van der Waals surface area (Å²) in [4.78, 5) is 11.1. The number of hydrogen-bond donors (Lipinski definition) is 2. The third-order valence-corrected chi connectivity index (χ3v) is 3.31. The van der Waals surface area contributed by atoms with E-state index in [1.165, 1.54) is 7.11 Å². The molecule has 0 amide bonds. The summed E-state index contributed by atoms with van der Waals surface area (Å²) in [6, 6.07) is 14.5. The fraction of sp³-hybridized carbons (Fsp3) is 0.235. The number of aliphatic hydroxyl groups excluding tert-OH is 1. The molecule has 0 saturated heterocycles. The van der Waals surface area contributed by atoms with Crippen LogP contribution >= 0.6 is 0 Å². The molecule has 0 aromatic heterocycles. The molecular formula is C17H18O5. The van der Waals surface area contributed by atoms with Gasteiger partial charge in [0, 0.05) is 0 Å². The van der Waals surface area contributed by atoms with E-state index in [0.717, 1.165) is 5.56 Å². The molecular weight excluding hydrogens is 284 g/mol. The first-order chi connectivity index (χ1) is 10.7. The van der Waals surface area contributed by atoms with Crippen molar-refractivity contribution in [2.24, 2.45) is 0 Å². The average molecular weight is 302 g/mol. The Morgan fingerprint density at radius 2 is 1.86 bits per heavy atom. The number of aliphatic carboxylic acids is 1. The number of carboxylic acid groups (broad SMARTS) is 1. The predicted octanol–water partition coefficient (Wildman–Crippen LogP) is 2.43. The largest absolute Gasteiger partial charge is 0.493 e. The number of benzene rings is 2. The Kier molecular flexibility index (Phi) is 5.38. The highest BCUT2D eigenvalue weighted by molar-refractivity contribution is 5.76. The Labute approximate surface area is 128 Å². The summed E-state index contributed by atoms with van der Waals surface area (Å²) in [7, 11) is 1.49. The number of aliphatic hydroxyl groups is 1. The lowest BCUT2D eigenvalue weighted by atomic mass is 10.00. The van der Waals surface area contributed by atoms with Gasteiger partial charge in [-0.3, -0.25) is 4.79 Å². The van der Waals surface area contributed by atoms with Crippen LogP contribution in [0.3, 0.4) is 0 Å². The van der Waals surface area contributed by atoms with E-state index >= 15 is 0 Å². The van der Waals surface area contributed by atoms with Crippen LogP contribution in [-0.2, 0) is 11.4 Å². The zero-order valence-corrected chi connectivity index (χ0v) is 12.2. The lowest BCUT2D eigenvalue weighted by Gasteiger charge is -2.15. The summed E-state index contributed by atoms with van der Waals surface area (Å²) in [5.41, 5.74) is 1.49. The molecule has 116 valence electrons. The summed E-state index contributed by atoms with van der Waals surface area (Å²) >= 11 is 0. The van der Waals surface area contributed by atoms with E-state index in [2.05, 4.69) is 0 Å². The van der Waals surface area contributed by atoms with Crippen LogP contribution in [0.4, 0.5) is 0 Å². The zero-order valence-electron chi connectivity index (χ0n) is 12.2. The van der Waals surface area contributed by atoms with Crippen LogP contribution < -0.4 is 9.47 Å². The molecule has 0 aliphatic rings. The maximum Gasteiger partial charge on any atom is 0.313 e. The maximum absolute atomic E-state index is 11.1. The third-order valence-electron chi connectivity index (χ3n) is 3.31. The number of carbonyl (C=O) groups is 1. The Bertz CT molecular complexity index is 624. The van der Waals surface area contributed by atoms with Crippen molar-refractivity contribution < 1.29 is 24.5 Å². The second kappa shape index (κ2) is 7.47. The van der Waals surface area contributed by atoms with Crippen molar-refractivity contribution in [2.75, 3.05) is 13.7 Å². The van der Waals surface area contributed by atoms with Gasteiger partial charge in [-0.15, -0.1) is 0 Å². The van der Waals surface area contributed by atoms with E-state index in [4.69, 9.17) is 14.6 Å². The summed E-state index contributed by atoms with van der Waals surface area (Å²) in [6.07, 6.45) is 0. The van der Waals surface area contributed by atoms with Crippen LogP contribution in [0.5, 0.6) is 11.5 Å². The second-order valence-electron chi connectivity index (χ2n) is 4.76. The Morgan fingerprint density at radius 3 is 2.45 bits per heavy atom. The quantitative estimate of drug-likeness (QED) is 0.821. The third kappa shape index (κ3) is 3.77. The van der Waals surface area contributed by atoms with E-state index in [0.29, 0.717) is 23.7 Å². The fourth-order valence-corrected chi connectivity index (χ4v) is 2.08. The van der Waals surface area contributed by atoms with Crippen molar-refractivity contribution in [3.63, 3.8) is 0 Å². The summed E-state index contributed by atoms with van der Waals surface area (Å²) < 4.78 is 11.0.